The van der Waals surface area contributed by atoms with Gasteiger partial charge in [-0.05, 0) is 13.3 Å². The Morgan fingerprint density at radius 2 is 1.38 bits per heavy atom. The lowest BCUT2D eigenvalue weighted by Gasteiger charge is -2.09. The molecule has 0 aromatic rings. The molecule has 0 aromatic carbocycles. The Kier molecular flexibility index (Phi) is 13.3. The Bertz CT molecular complexity index is 285. The van der Waals surface area contributed by atoms with Crippen LogP contribution in [0, 0.1) is 0 Å². The minimum Gasteiger partial charge on any atom is -0.462 e. The Labute approximate surface area is 126 Å². The molecule has 0 aromatic heterocycles. The van der Waals surface area contributed by atoms with E-state index in [1.54, 1.807) is 0 Å². The van der Waals surface area contributed by atoms with Gasteiger partial charge in [-0.25, -0.2) is 0 Å². The molecule has 0 unspecified atom stereocenters. The van der Waals surface area contributed by atoms with Gasteiger partial charge in [-0.3, -0.25) is 9.59 Å². The van der Waals surface area contributed by atoms with Gasteiger partial charge in [0.2, 0.25) is 0 Å². The maximum Gasteiger partial charge on any atom is 0.322 e. The predicted molar refractivity (Wildman–Crippen MR) is 77.0 cm³/mol. The quantitative estimate of drug-likeness (QED) is 0.364. The van der Waals surface area contributed by atoms with E-state index < -0.39 is 12.0 Å². The highest BCUT2D eigenvalue weighted by Gasteiger charge is 2.11. The monoisotopic (exact) mass is 305 g/mol. The highest BCUT2D eigenvalue weighted by atomic mass is 16.6. The van der Waals surface area contributed by atoms with Crippen LogP contribution in [0.5, 0.6) is 0 Å². The summed E-state index contributed by atoms with van der Waals surface area (Å²) >= 11 is 0. The van der Waals surface area contributed by atoms with Crippen LogP contribution in [0.25, 0.3) is 0 Å². The topological polar surface area (TPSA) is 97.1 Å². The summed E-state index contributed by atoms with van der Waals surface area (Å²) in [5, 5.41) is 0. The van der Waals surface area contributed by atoms with E-state index in [0.717, 1.165) is 0 Å². The minimum absolute atomic E-state index is 0.116. The first kappa shape index (κ1) is 20.0. The maximum absolute atomic E-state index is 11.2. The first-order chi connectivity index (χ1) is 10.1. The fraction of sp³-hybridized carbons (Fsp3) is 0.857. The lowest BCUT2D eigenvalue weighted by atomic mass is 10.2. The molecular weight excluding hydrogens is 278 g/mol. The fourth-order valence-electron chi connectivity index (χ4n) is 1.23. The van der Waals surface area contributed by atoms with Crippen molar-refractivity contribution < 1.29 is 28.5 Å². The molecule has 0 saturated heterocycles. The third-order valence-electron chi connectivity index (χ3n) is 2.56. The van der Waals surface area contributed by atoms with Crippen molar-refractivity contribution >= 4 is 11.8 Å². The van der Waals surface area contributed by atoms with Gasteiger partial charge in [0.05, 0.1) is 39.6 Å². The summed E-state index contributed by atoms with van der Waals surface area (Å²) in [6.07, 6.45) is 0.992. The van der Waals surface area contributed by atoms with E-state index in [4.69, 9.17) is 24.7 Å². The number of esters is 1. The van der Waals surface area contributed by atoms with Crippen LogP contribution >= 0.6 is 0 Å². The molecule has 0 aliphatic rings. The van der Waals surface area contributed by atoms with Crippen LogP contribution in [0.1, 0.15) is 26.7 Å². The van der Waals surface area contributed by atoms with Gasteiger partial charge < -0.3 is 24.7 Å². The van der Waals surface area contributed by atoms with E-state index in [-0.39, 0.29) is 12.4 Å². The van der Waals surface area contributed by atoms with Crippen molar-refractivity contribution in [2.45, 2.75) is 32.7 Å². The number of carbonyl (C=O) groups is 2. The highest BCUT2D eigenvalue weighted by Crippen LogP contribution is 1.91. The minimum atomic E-state index is -0.559. The van der Waals surface area contributed by atoms with E-state index >= 15 is 0 Å². The van der Waals surface area contributed by atoms with Gasteiger partial charge in [0.15, 0.2) is 0 Å². The van der Waals surface area contributed by atoms with Crippen molar-refractivity contribution in [2.75, 3.05) is 46.2 Å². The van der Waals surface area contributed by atoms with Gasteiger partial charge in [-0.1, -0.05) is 6.92 Å². The smallest absolute Gasteiger partial charge is 0.322 e. The van der Waals surface area contributed by atoms with Crippen LogP contribution in [0.2, 0.25) is 0 Å². The molecule has 7 heteroatoms. The number of hydrogen-bond acceptors (Lipinski definition) is 7. The molecular formula is C14H27NO6. The Morgan fingerprint density at radius 3 is 1.86 bits per heavy atom. The van der Waals surface area contributed by atoms with Crippen LogP contribution in [0.15, 0.2) is 0 Å². The second kappa shape index (κ2) is 13.9. The average Bonchev–Trinajstić information content (AvgIpc) is 2.46. The molecule has 0 spiro atoms. The van der Waals surface area contributed by atoms with Crippen LogP contribution in [-0.4, -0.2) is 64.0 Å². The Hall–Kier alpha value is -1.02. The lowest BCUT2D eigenvalue weighted by molar-refractivity contribution is -0.147. The molecule has 0 amide bonds. The van der Waals surface area contributed by atoms with Gasteiger partial charge in [-0.15, -0.1) is 0 Å². The number of hydrogen-bond donors (Lipinski definition) is 1. The zero-order chi connectivity index (χ0) is 15.9. The van der Waals surface area contributed by atoms with Crippen LogP contribution < -0.4 is 5.73 Å². The molecule has 0 heterocycles. The van der Waals surface area contributed by atoms with Gasteiger partial charge in [0.25, 0.3) is 0 Å². The summed E-state index contributed by atoms with van der Waals surface area (Å²) in [7, 11) is 0. The zero-order valence-corrected chi connectivity index (χ0v) is 13.0. The van der Waals surface area contributed by atoms with E-state index in [1.807, 2.05) is 6.92 Å². The van der Waals surface area contributed by atoms with Crippen molar-refractivity contribution in [2.24, 2.45) is 5.73 Å². The van der Waals surface area contributed by atoms with Gasteiger partial charge >= 0.3 is 5.97 Å². The van der Waals surface area contributed by atoms with Gasteiger partial charge in [0, 0.05) is 6.42 Å². The summed E-state index contributed by atoms with van der Waals surface area (Å²) < 4.78 is 20.6. The van der Waals surface area contributed by atoms with E-state index in [9.17, 15) is 9.59 Å². The van der Waals surface area contributed by atoms with Gasteiger partial charge in [-0.2, -0.15) is 0 Å². The maximum atomic E-state index is 11.2. The van der Waals surface area contributed by atoms with Crippen molar-refractivity contribution in [3.8, 4) is 0 Å². The normalized spacial score (nSPS) is 12.1. The fourth-order valence-corrected chi connectivity index (χ4v) is 1.23. The molecule has 0 radical (unpaired) electrons. The molecule has 0 saturated carbocycles. The SMILES string of the molecule is CC[C@H](N)C(=O)OCCOCCOCCOCCC(C)=O. The van der Waals surface area contributed by atoms with Crippen LogP contribution in [-0.2, 0) is 28.5 Å². The number of rotatable bonds is 14. The van der Waals surface area contributed by atoms with Crippen LogP contribution in [0.3, 0.4) is 0 Å². The van der Waals surface area contributed by atoms with E-state index in [0.29, 0.717) is 52.5 Å². The number of carbonyl (C=O) groups excluding carboxylic acids is 2. The highest BCUT2D eigenvalue weighted by molar-refractivity contribution is 5.75. The standard InChI is InChI=1S/C14H27NO6/c1-3-13(15)14(17)21-11-10-20-9-8-19-7-6-18-5-4-12(2)16/h13H,3-11,15H2,1-2H3/t13-/m0/s1. The summed E-state index contributed by atoms with van der Waals surface area (Å²) in [6, 6.07) is -0.559. The lowest BCUT2D eigenvalue weighted by Crippen LogP contribution is -2.32. The second-order valence-electron chi connectivity index (χ2n) is 4.47. The largest absolute Gasteiger partial charge is 0.462 e. The summed E-state index contributed by atoms with van der Waals surface area (Å²) in [5.41, 5.74) is 5.50. The van der Waals surface area contributed by atoms with Gasteiger partial charge in [0.1, 0.15) is 18.4 Å². The van der Waals surface area contributed by atoms with Crippen molar-refractivity contribution in [3.63, 3.8) is 0 Å². The zero-order valence-electron chi connectivity index (χ0n) is 13.0. The van der Waals surface area contributed by atoms with E-state index in [1.165, 1.54) is 6.92 Å². The number of ketones is 1. The molecule has 0 rings (SSSR count). The van der Waals surface area contributed by atoms with E-state index in [2.05, 4.69) is 0 Å². The van der Waals surface area contributed by atoms with Crippen molar-refractivity contribution in [3.05, 3.63) is 0 Å². The molecule has 2 N–H and O–H groups in total. The van der Waals surface area contributed by atoms with Crippen molar-refractivity contribution in [1.29, 1.82) is 0 Å². The molecule has 7 nitrogen and oxygen atoms in total. The predicted octanol–water partition coefficient (Wildman–Crippen LogP) is 0.296. The third kappa shape index (κ3) is 13.7. The molecule has 0 bridgehead atoms. The third-order valence-corrected chi connectivity index (χ3v) is 2.56. The number of Topliss-reactive ketones (excluding diaryl/α,β-unsaturated/α-hetero) is 1. The average molecular weight is 305 g/mol. The Morgan fingerprint density at radius 1 is 0.905 bits per heavy atom. The summed E-state index contributed by atoms with van der Waals surface area (Å²) in [6.45, 7) is 6.08. The summed E-state index contributed by atoms with van der Waals surface area (Å²) in [4.78, 5) is 21.8. The number of nitrogens with two attached hydrogens (primary N) is 1. The number of ether oxygens (including phenoxy) is 4. The molecule has 1 atom stereocenters. The second-order valence-corrected chi connectivity index (χ2v) is 4.47. The molecule has 124 valence electrons. The molecule has 0 fully saturated rings. The summed E-state index contributed by atoms with van der Waals surface area (Å²) in [5.74, 6) is -0.287. The van der Waals surface area contributed by atoms with Crippen LogP contribution in [0.4, 0.5) is 0 Å². The van der Waals surface area contributed by atoms with Crippen molar-refractivity contribution in [1.82, 2.24) is 0 Å². The Balaban J connectivity index is 3.16. The first-order valence-electron chi connectivity index (χ1n) is 7.22. The first-order valence-corrected chi connectivity index (χ1v) is 7.22. The molecule has 0 aliphatic heterocycles. The molecule has 21 heavy (non-hydrogen) atoms. The molecule has 0 aliphatic carbocycles.